The maximum Gasteiger partial charge on any atom is 0.0190 e. The predicted octanol–water partition coefficient (Wildman–Crippen LogP) is 7.69. The van der Waals surface area contributed by atoms with E-state index in [1.807, 2.05) is 67.8 Å². The summed E-state index contributed by atoms with van der Waals surface area (Å²) in [4.78, 5) is 8.77. The number of rotatable bonds is 3. The first-order valence-electron chi connectivity index (χ1n) is 11.0. The summed E-state index contributed by atoms with van der Waals surface area (Å²) < 4.78 is 0. The Morgan fingerprint density at radius 1 is 0.588 bits per heavy atom. The zero-order chi connectivity index (χ0) is 23.0. The van der Waals surface area contributed by atoms with Crippen molar-refractivity contribution in [3.8, 4) is 33.6 Å². The molecule has 0 spiro atoms. The monoisotopic (exact) mass is 619 g/mol. The van der Waals surface area contributed by atoms with Crippen molar-refractivity contribution >= 4 is 0 Å². The van der Waals surface area contributed by atoms with E-state index in [9.17, 15) is 0 Å². The van der Waals surface area contributed by atoms with E-state index in [2.05, 4.69) is 78.4 Å². The van der Waals surface area contributed by atoms with Crippen molar-refractivity contribution < 1.29 is 20.1 Å². The second kappa shape index (κ2) is 12.2. The molecule has 2 aromatic heterocycles. The minimum Gasteiger partial charge on any atom is -0.305 e. The molecule has 171 valence electrons. The van der Waals surface area contributed by atoms with Gasteiger partial charge >= 0.3 is 0 Å². The van der Waals surface area contributed by atoms with Gasteiger partial charge in [0.05, 0.1) is 0 Å². The molecule has 0 N–H and O–H groups in total. The first kappa shape index (κ1) is 25.2. The van der Waals surface area contributed by atoms with Crippen LogP contribution >= 0.6 is 0 Å². The molecule has 34 heavy (non-hydrogen) atoms. The van der Waals surface area contributed by atoms with Crippen molar-refractivity contribution in [2.75, 3.05) is 0 Å². The van der Waals surface area contributed by atoms with E-state index in [-0.39, 0.29) is 20.1 Å². The van der Waals surface area contributed by atoms with Crippen LogP contribution < -0.4 is 0 Å². The van der Waals surface area contributed by atoms with Crippen molar-refractivity contribution in [2.45, 2.75) is 20.8 Å². The number of benzene rings is 3. The number of aryl methyl sites for hydroxylation is 3. The van der Waals surface area contributed by atoms with Crippen molar-refractivity contribution in [3.05, 3.63) is 132 Å². The summed E-state index contributed by atoms with van der Waals surface area (Å²) >= 11 is 0. The molecule has 0 saturated heterocycles. The Hall–Kier alpha value is -3.39. The summed E-state index contributed by atoms with van der Waals surface area (Å²) in [6, 6.07) is 37.2. The number of hydrogen-bond acceptors (Lipinski definition) is 2. The second-order valence-corrected chi connectivity index (χ2v) is 8.07. The van der Waals surface area contributed by atoms with E-state index in [4.69, 9.17) is 0 Å². The molecular formula is C31H26IrN2-2. The third-order valence-electron chi connectivity index (χ3n) is 5.29. The maximum absolute atomic E-state index is 4.42. The second-order valence-electron chi connectivity index (χ2n) is 8.07. The molecule has 0 fully saturated rings. The van der Waals surface area contributed by atoms with Gasteiger partial charge in [-0.1, -0.05) is 55.0 Å². The van der Waals surface area contributed by atoms with Gasteiger partial charge in [-0.2, -0.15) is 0 Å². The van der Waals surface area contributed by atoms with Gasteiger partial charge in [-0.25, -0.2) is 0 Å². The average molecular weight is 619 g/mol. The Bertz CT molecular complexity index is 1250. The summed E-state index contributed by atoms with van der Waals surface area (Å²) in [5.41, 5.74) is 10.1. The Labute approximate surface area is 216 Å². The SMILES string of the molecule is Cc1c[c-]c(-c2ccc(C)cn2)cc1.Cc1ccc(-c2ccnc(-c3[c-]cccc3)c2)cc1.[Ir]. The van der Waals surface area contributed by atoms with E-state index in [0.29, 0.717) is 0 Å². The van der Waals surface area contributed by atoms with E-state index in [1.54, 1.807) is 0 Å². The minimum absolute atomic E-state index is 0. The van der Waals surface area contributed by atoms with Crippen molar-refractivity contribution in [1.29, 1.82) is 0 Å². The number of hydrogen-bond donors (Lipinski definition) is 0. The molecule has 3 aromatic carbocycles. The van der Waals surface area contributed by atoms with Crippen molar-refractivity contribution in [3.63, 3.8) is 0 Å². The van der Waals surface area contributed by atoms with Crippen LogP contribution in [0.2, 0.25) is 0 Å². The van der Waals surface area contributed by atoms with Gasteiger partial charge in [0, 0.05) is 32.5 Å². The molecule has 0 unspecified atom stereocenters. The third-order valence-corrected chi connectivity index (χ3v) is 5.29. The van der Waals surface area contributed by atoms with Gasteiger partial charge < -0.3 is 9.97 Å². The average Bonchev–Trinajstić information content (AvgIpc) is 2.87. The minimum atomic E-state index is 0. The summed E-state index contributed by atoms with van der Waals surface area (Å²) in [5.74, 6) is 0. The van der Waals surface area contributed by atoms with Crippen LogP contribution in [0.25, 0.3) is 33.6 Å². The van der Waals surface area contributed by atoms with Gasteiger partial charge in [-0.3, -0.25) is 0 Å². The van der Waals surface area contributed by atoms with Crippen LogP contribution in [0.3, 0.4) is 0 Å². The van der Waals surface area contributed by atoms with E-state index in [0.717, 1.165) is 22.5 Å². The number of aromatic nitrogens is 2. The van der Waals surface area contributed by atoms with Crippen LogP contribution in [0.5, 0.6) is 0 Å². The first-order chi connectivity index (χ1) is 16.1. The van der Waals surface area contributed by atoms with Gasteiger partial charge in [0.25, 0.3) is 0 Å². The quantitative estimate of drug-likeness (QED) is 0.194. The Morgan fingerprint density at radius 2 is 1.32 bits per heavy atom. The van der Waals surface area contributed by atoms with Gasteiger partial charge in [0.15, 0.2) is 0 Å². The van der Waals surface area contributed by atoms with Crippen LogP contribution in [0, 0.1) is 32.9 Å². The van der Waals surface area contributed by atoms with Crippen LogP contribution in [-0.2, 0) is 20.1 Å². The zero-order valence-corrected chi connectivity index (χ0v) is 21.9. The normalized spacial score (nSPS) is 9.97. The fraction of sp³-hybridized carbons (Fsp3) is 0.0968. The summed E-state index contributed by atoms with van der Waals surface area (Å²) in [5, 5.41) is 0. The number of pyridine rings is 2. The molecule has 5 rings (SSSR count). The molecule has 0 atom stereocenters. The molecule has 2 heterocycles. The zero-order valence-electron chi connectivity index (χ0n) is 19.5. The molecular weight excluding hydrogens is 593 g/mol. The van der Waals surface area contributed by atoms with Gasteiger partial charge in [0.2, 0.25) is 0 Å². The molecule has 5 aromatic rings. The summed E-state index contributed by atoms with van der Waals surface area (Å²) in [6.07, 6.45) is 3.73. The van der Waals surface area contributed by atoms with Gasteiger partial charge in [-0.05, 0) is 48.0 Å². The molecule has 1 radical (unpaired) electrons. The third kappa shape index (κ3) is 6.81. The van der Waals surface area contributed by atoms with Crippen molar-refractivity contribution in [2.24, 2.45) is 0 Å². The Balaban J connectivity index is 0.000000193. The maximum atomic E-state index is 4.42. The van der Waals surface area contributed by atoms with E-state index < -0.39 is 0 Å². The Morgan fingerprint density at radius 3 is 1.97 bits per heavy atom. The summed E-state index contributed by atoms with van der Waals surface area (Å²) in [6.45, 7) is 6.19. The largest absolute Gasteiger partial charge is 0.305 e. The van der Waals surface area contributed by atoms with Gasteiger partial charge in [0.1, 0.15) is 0 Å². The number of nitrogens with zero attached hydrogens (tertiary/aromatic N) is 2. The molecule has 0 amide bonds. The first-order valence-corrected chi connectivity index (χ1v) is 11.0. The van der Waals surface area contributed by atoms with Crippen LogP contribution in [0.15, 0.2) is 103 Å². The standard InChI is InChI=1S/C18H14N.C13H12N.Ir/c1-14-7-9-15(10-8-14)17-11-12-19-18(13-17)16-5-3-2-4-6-16;1-10-3-6-12(7-4-10)13-8-5-11(2)9-14-13;/h2-5,7-13H,1H3;3-6,8-9H,1-2H3;/q2*-1;. The van der Waals surface area contributed by atoms with Gasteiger partial charge in [-0.15, -0.1) is 71.3 Å². The molecule has 3 heteroatoms. The van der Waals surface area contributed by atoms with E-state index in [1.165, 1.54) is 27.8 Å². The molecule has 0 bridgehead atoms. The fourth-order valence-corrected chi connectivity index (χ4v) is 3.35. The Kier molecular flexibility index (Phi) is 9.04. The molecule has 0 aliphatic rings. The predicted molar refractivity (Wildman–Crippen MR) is 137 cm³/mol. The van der Waals surface area contributed by atoms with Crippen LogP contribution in [-0.4, -0.2) is 9.97 Å². The van der Waals surface area contributed by atoms with Crippen LogP contribution in [0.1, 0.15) is 16.7 Å². The van der Waals surface area contributed by atoms with Crippen LogP contribution in [0.4, 0.5) is 0 Å². The van der Waals surface area contributed by atoms with Crippen molar-refractivity contribution in [1.82, 2.24) is 9.97 Å². The smallest absolute Gasteiger partial charge is 0.0190 e. The molecule has 0 aliphatic heterocycles. The molecule has 2 nitrogen and oxygen atoms in total. The fourth-order valence-electron chi connectivity index (χ4n) is 3.35. The topological polar surface area (TPSA) is 25.8 Å². The molecule has 0 aliphatic carbocycles. The summed E-state index contributed by atoms with van der Waals surface area (Å²) in [7, 11) is 0. The molecule has 0 saturated carbocycles. The van der Waals surface area contributed by atoms with E-state index >= 15 is 0 Å².